The van der Waals surface area contributed by atoms with E-state index >= 15 is 0 Å². The van der Waals surface area contributed by atoms with Gasteiger partial charge in [0.1, 0.15) is 17.4 Å². The fourth-order valence-corrected chi connectivity index (χ4v) is 4.20. The molecule has 0 spiro atoms. The van der Waals surface area contributed by atoms with Crippen molar-refractivity contribution in [1.82, 2.24) is 0 Å². The third-order valence-corrected chi connectivity index (χ3v) is 5.90. The predicted octanol–water partition coefficient (Wildman–Crippen LogP) is 6.10. The Kier molecular flexibility index (Phi) is 5.61. The number of hydrogen-bond donors (Lipinski definition) is 1. The molecule has 1 nitrogen and oxygen atoms in total. The molecule has 0 aromatic heterocycles. The van der Waals surface area contributed by atoms with Gasteiger partial charge >= 0.3 is 0 Å². The normalized spacial score (nSPS) is 11.7. The van der Waals surface area contributed by atoms with Gasteiger partial charge in [-0.1, -0.05) is 68.0 Å². The van der Waals surface area contributed by atoms with Gasteiger partial charge in [0.2, 0.25) is 0 Å². The molecule has 5 heteroatoms. The van der Waals surface area contributed by atoms with Crippen LogP contribution in [0.25, 0.3) is 11.1 Å². The summed E-state index contributed by atoms with van der Waals surface area (Å²) in [4.78, 5) is 0. The third kappa shape index (κ3) is 3.82. The number of halogens is 4. The summed E-state index contributed by atoms with van der Waals surface area (Å²) in [5.74, 6) is -1.25. The van der Waals surface area contributed by atoms with Crippen LogP contribution in [0.4, 0.5) is 8.78 Å². The van der Waals surface area contributed by atoms with E-state index in [0.717, 1.165) is 11.6 Å². The van der Waals surface area contributed by atoms with Crippen LogP contribution in [-0.2, 0) is 10.7 Å². The van der Waals surface area contributed by atoms with Gasteiger partial charge in [0.25, 0.3) is 0 Å². The maximum absolute atomic E-state index is 14.5. The van der Waals surface area contributed by atoms with Crippen LogP contribution in [0.5, 0.6) is 5.75 Å². The monoisotopic (exact) mass is 494 g/mol. The zero-order chi connectivity index (χ0) is 17.4. The molecule has 0 radical (unpaired) electrons. The average molecular weight is 495 g/mol. The van der Waals surface area contributed by atoms with Crippen LogP contribution in [0, 0.1) is 15.2 Å². The average Bonchev–Trinajstić information content (AvgIpc) is 2.46. The lowest BCUT2D eigenvalue weighted by Gasteiger charge is -2.23. The van der Waals surface area contributed by atoms with Crippen molar-refractivity contribution in [2.45, 2.75) is 31.5 Å². The highest BCUT2D eigenvalue weighted by Crippen LogP contribution is 2.41. The number of alkyl halides is 1. The van der Waals surface area contributed by atoms with Gasteiger partial charge in [-0.05, 0) is 23.1 Å². The summed E-state index contributed by atoms with van der Waals surface area (Å²) < 4.78 is 32.4. The molecule has 2 rings (SSSR count). The Balaban J connectivity index is 2.86. The number of rotatable bonds is 3. The van der Waals surface area contributed by atoms with Gasteiger partial charge in [0, 0.05) is 31.7 Å². The fourth-order valence-electron chi connectivity index (χ4n) is 2.32. The molecule has 23 heavy (non-hydrogen) atoms. The maximum atomic E-state index is 14.5. The number of benzene rings is 2. The molecule has 1 N–H and O–H groups in total. The summed E-state index contributed by atoms with van der Waals surface area (Å²) >= 11 is 2.57. The van der Waals surface area contributed by atoms with Crippen LogP contribution in [-0.4, -0.2) is 9.62 Å². The number of phenolic OH excluding ortho intramolecular Hbond substituents is 1. The molecule has 0 fully saturated rings. The third-order valence-electron chi connectivity index (χ3n) is 3.62. The molecule has 124 valence electrons. The first-order chi connectivity index (χ1) is 10.7. The zero-order valence-corrected chi connectivity index (χ0v) is 16.9. The number of aromatic hydroxyl groups is 1. The van der Waals surface area contributed by atoms with Crippen LogP contribution in [0.2, 0.25) is 0 Å². The predicted molar refractivity (Wildman–Crippen MR) is 105 cm³/mol. The summed E-state index contributed by atoms with van der Waals surface area (Å²) in [5.41, 5.74) is 2.18. The van der Waals surface area contributed by atoms with E-state index in [2.05, 4.69) is 41.2 Å². The summed E-state index contributed by atoms with van der Waals surface area (Å²) in [6, 6.07) is 5.87. The smallest absolute Gasteiger partial charge is 0.135 e. The molecule has 2 aromatic rings. The number of phenols is 1. The van der Waals surface area contributed by atoms with Gasteiger partial charge in [-0.25, -0.2) is 8.78 Å². The van der Waals surface area contributed by atoms with Crippen molar-refractivity contribution < 1.29 is 13.9 Å². The highest BCUT2D eigenvalue weighted by Gasteiger charge is 2.22. The Hall–Kier alpha value is -0.820. The van der Waals surface area contributed by atoms with E-state index in [1.54, 1.807) is 6.07 Å². The van der Waals surface area contributed by atoms with Crippen molar-refractivity contribution in [3.05, 3.63) is 50.6 Å². The van der Waals surface area contributed by atoms with Gasteiger partial charge in [0.15, 0.2) is 0 Å². The van der Waals surface area contributed by atoms with Crippen LogP contribution >= 0.6 is 36.7 Å². The van der Waals surface area contributed by atoms with Gasteiger partial charge in [-0.2, -0.15) is 0 Å². The summed E-state index contributed by atoms with van der Waals surface area (Å²) in [6.45, 7) is 6.16. The van der Waals surface area contributed by atoms with Crippen molar-refractivity contribution in [1.29, 1.82) is 0 Å². The highest BCUT2D eigenvalue weighted by atomic mass is 127. The Morgan fingerprint density at radius 1 is 1.17 bits per heavy atom. The Labute approximate surface area is 153 Å². The number of hydrogen-bond acceptors (Lipinski definition) is 1. The SMILES string of the molecule is C=Ic1cc(F)cc(F)c1-c1cc(C(C)(C)C)cc(CBr)c1O. The topological polar surface area (TPSA) is 20.2 Å². The highest BCUT2D eigenvalue weighted by molar-refractivity contribution is 14.2. The molecule has 0 aliphatic heterocycles. The first-order valence-electron chi connectivity index (χ1n) is 6.99. The van der Waals surface area contributed by atoms with E-state index in [1.165, 1.54) is 6.07 Å². The molecule has 0 aliphatic rings. The molecule has 0 saturated heterocycles. The maximum Gasteiger partial charge on any atom is 0.135 e. The van der Waals surface area contributed by atoms with Crippen molar-refractivity contribution in [3.63, 3.8) is 0 Å². The molecular weight excluding hydrogens is 477 g/mol. The molecule has 0 heterocycles. The Bertz CT molecular complexity index is 767. The van der Waals surface area contributed by atoms with Gasteiger partial charge < -0.3 is 5.11 Å². The first-order valence-corrected chi connectivity index (χ1v) is 10.7. The van der Waals surface area contributed by atoms with E-state index in [4.69, 9.17) is 0 Å². The summed E-state index contributed by atoms with van der Waals surface area (Å²) in [5, 5.41) is 11.0. The lowest BCUT2D eigenvalue weighted by molar-refractivity contribution is 0.470. The van der Waals surface area contributed by atoms with E-state index in [-0.39, 0.29) is 16.7 Å². The van der Waals surface area contributed by atoms with E-state index in [1.807, 2.05) is 6.07 Å². The van der Waals surface area contributed by atoms with Crippen molar-refractivity contribution in [2.75, 3.05) is 0 Å². The van der Waals surface area contributed by atoms with Crippen LogP contribution in [0.3, 0.4) is 0 Å². The first kappa shape index (κ1) is 18.5. The van der Waals surface area contributed by atoms with E-state index in [0.29, 0.717) is 20.0 Å². The van der Waals surface area contributed by atoms with E-state index in [9.17, 15) is 13.9 Å². The fraction of sp³-hybridized carbons (Fsp3) is 0.278. The largest absolute Gasteiger partial charge is 0.507 e. The minimum atomic E-state index is -0.790. The molecule has 0 aliphatic carbocycles. The second-order valence-electron chi connectivity index (χ2n) is 6.29. The molecule has 0 unspecified atom stereocenters. The molecule has 0 atom stereocenters. The van der Waals surface area contributed by atoms with Gasteiger partial charge in [-0.15, -0.1) is 0 Å². The van der Waals surface area contributed by atoms with Crippen LogP contribution in [0.15, 0.2) is 24.3 Å². The quantitative estimate of drug-likeness (QED) is 0.403. The molecule has 2 aromatic carbocycles. The summed E-state index contributed by atoms with van der Waals surface area (Å²) in [6.07, 6.45) is 0. The van der Waals surface area contributed by atoms with Gasteiger partial charge in [0.05, 0.1) is 0 Å². The molecule has 0 amide bonds. The second kappa shape index (κ2) is 6.97. The second-order valence-corrected chi connectivity index (χ2v) is 8.78. The molecule has 0 bridgehead atoms. The minimum absolute atomic E-state index is 0.0269. The lowest BCUT2D eigenvalue weighted by atomic mass is 9.84. The zero-order valence-electron chi connectivity index (χ0n) is 13.2. The Morgan fingerprint density at radius 3 is 2.35 bits per heavy atom. The standard InChI is InChI=1S/C18H18BrF2IO/c1-18(2,3)11-5-10(9-19)17(23)13(6-11)16-14(21)7-12(20)8-15(16)22-4/h5-8,23H,4,9H2,1-3H3. The van der Waals surface area contributed by atoms with Crippen LogP contribution in [0.1, 0.15) is 31.9 Å². The van der Waals surface area contributed by atoms with Gasteiger partial charge in [-0.3, -0.25) is 0 Å². The molecule has 0 saturated carbocycles. The lowest BCUT2D eigenvalue weighted by Crippen LogP contribution is -2.12. The van der Waals surface area contributed by atoms with E-state index < -0.39 is 32.4 Å². The summed E-state index contributed by atoms with van der Waals surface area (Å²) in [7, 11) is 0. The van der Waals surface area contributed by atoms with Crippen molar-refractivity contribution >= 4 is 41.2 Å². The van der Waals surface area contributed by atoms with Crippen LogP contribution < -0.4 is 0 Å². The Morgan fingerprint density at radius 2 is 1.83 bits per heavy atom. The van der Waals surface area contributed by atoms with Crippen molar-refractivity contribution in [3.8, 4) is 16.9 Å². The molecular formula is C18H18BrF2IO. The van der Waals surface area contributed by atoms with Crippen molar-refractivity contribution in [2.24, 2.45) is 0 Å². The minimum Gasteiger partial charge on any atom is -0.507 e.